The molecule has 7 rings (SSSR count). The van der Waals surface area contributed by atoms with Crippen molar-refractivity contribution in [1.82, 2.24) is 49.8 Å². The average molecular weight is 659 g/mol. The van der Waals surface area contributed by atoms with E-state index in [0.29, 0.717) is 41.4 Å². The Morgan fingerprint density at radius 1 is 1.02 bits per heavy atom. The molecule has 240 valence electrons. The van der Waals surface area contributed by atoms with Crippen molar-refractivity contribution in [3.05, 3.63) is 70.3 Å². The van der Waals surface area contributed by atoms with Gasteiger partial charge >= 0.3 is 12.2 Å². The number of hydrogen-bond donors (Lipinski definition) is 1. The molecule has 1 atom stereocenters. The quantitative estimate of drug-likeness (QED) is 0.217. The summed E-state index contributed by atoms with van der Waals surface area (Å²) >= 11 is 5.83. The minimum atomic E-state index is -4.66. The van der Waals surface area contributed by atoms with Gasteiger partial charge in [-0.15, -0.1) is 20.4 Å². The summed E-state index contributed by atoms with van der Waals surface area (Å²) in [7, 11) is 0. The summed E-state index contributed by atoms with van der Waals surface area (Å²) in [6.45, 7) is 3.31. The Labute approximate surface area is 264 Å². The number of ether oxygens (including phenoxy) is 2. The van der Waals surface area contributed by atoms with E-state index in [1.807, 2.05) is 10.6 Å². The van der Waals surface area contributed by atoms with Gasteiger partial charge < -0.3 is 19.0 Å². The predicted octanol–water partition coefficient (Wildman–Crippen LogP) is 4.96. The zero-order valence-corrected chi connectivity index (χ0v) is 25.0. The molecule has 4 aromatic heterocycles. The number of H-pyrrole nitrogens is 1. The summed E-state index contributed by atoms with van der Waals surface area (Å²) in [6.07, 6.45) is -0.400. The molecular formula is C29H27ClF4N10O2. The molecule has 0 bridgehead atoms. The molecule has 6 heterocycles. The maximum atomic E-state index is 14.1. The normalized spacial score (nSPS) is 17.8. The molecule has 1 aromatic carbocycles. The van der Waals surface area contributed by atoms with Crippen LogP contribution in [0.2, 0.25) is 5.02 Å². The first-order valence-corrected chi connectivity index (χ1v) is 15.0. The lowest BCUT2D eigenvalue weighted by atomic mass is 9.93. The van der Waals surface area contributed by atoms with E-state index >= 15 is 0 Å². The third-order valence-electron chi connectivity index (χ3n) is 8.15. The van der Waals surface area contributed by atoms with E-state index in [1.165, 1.54) is 6.07 Å². The van der Waals surface area contributed by atoms with Gasteiger partial charge in [0.25, 0.3) is 0 Å². The van der Waals surface area contributed by atoms with E-state index in [0.717, 1.165) is 43.9 Å². The Morgan fingerprint density at radius 2 is 1.85 bits per heavy atom. The van der Waals surface area contributed by atoms with Crippen LogP contribution in [0.1, 0.15) is 48.1 Å². The number of hydrogen-bond acceptors (Lipinski definition) is 10. The van der Waals surface area contributed by atoms with Crippen molar-refractivity contribution in [2.75, 3.05) is 19.7 Å². The highest BCUT2D eigenvalue weighted by Gasteiger charge is 2.36. The summed E-state index contributed by atoms with van der Waals surface area (Å²) < 4.78 is 66.5. The fourth-order valence-corrected chi connectivity index (χ4v) is 5.71. The average Bonchev–Trinajstić information content (AvgIpc) is 3.64. The molecule has 0 unspecified atom stereocenters. The van der Waals surface area contributed by atoms with Gasteiger partial charge in [-0.25, -0.2) is 14.4 Å². The van der Waals surface area contributed by atoms with E-state index in [9.17, 15) is 17.6 Å². The molecule has 0 aliphatic carbocycles. The Hall–Kier alpha value is -4.28. The number of fused-ring (bicyclic) bond motifs is 1. The van der Waals surface area contributed by atoms with Crippen molar-refractivity contribution in [1.29, 1.82) is 0 Å². The minimum Gasteiger partial charge on any atom is -0.458 e. The van der Waals surface area contributed by atoms with E-state index in [-0.39, 0.29) is 36.2 Å². The molecule has 0 amide bonds. The molecule has 2 aliphatic heterocycles. The molecular weight excluding hydrogens is 632 g/mol. The fraction of sp³-hybridized carbons (Fsp3) is 0.414. The molecule has 2 fully saturated rings. The maximum Gasteiger partial charge on any atom is 0.451 e. The summed E-state index contributed by atoms with van der Waals surface area (Å²) in [4.78, 5) is 18.0. The number of halogens is 5. The van der Waals surface area contributed by atoms with Crippen LogP contribution in [0.15, 0.2) is 36.5 Å². The van der Waals surface area contributed by atoms with Gasteiger partial charge in [0.05, 0.1) is 24.9 Å². The Kier molecular flexibility index (Phi) is 8.25. The van der Waals surface area contributed by atoms with Crippen molar-refractivity contribution in [2.24, 2.45) is 0 Å². The largest absolute Gasteiger partial charge is 0.458 e. The van der Waals surface area contributed by atoms with Crippen LogP contribution >= 0.6 is 11.6 Å². The first-order chi connectivity index (χ1) is 22.2. The summed E-state index contributed by atoms with van der Waals surface area (Å²) in [5, 5.41) is 15.5. The highest BCUT2D eigenvalue weighted by Crippen LogP contribution is 2.30. The molecule has 5 aromatic rings. The van der Waals surface area contributed by atoms with Crippen molar-refractivity contribution < 1.29 is 27.0 Å². The van der Waals surface area contributed by atoms with Gasteiger partial charge in [-0.1, -0.05) is 17.7 Å². The fourth-order valence-electron chi connectivity index (χ4n) is 5.56. The molecule has 17 heteroatoms. The lowest BCUT2D eigenvalue weighted by molar-refractivity contribution is -0.144. The molecule has 0 saturated carbocycles. The number of rotatable bonds is 9. The Bertz CT molecular complexity index is 1850. The number of imidazole rings is 1. The highest BCUT2D eigenvalue weighted by molar-refractivity contribution is 6.30. The van der Waals surface area contributed by atoms with Crippen molar-refractivity contribution in [3.63, 3.8) is 0 Å². The van der Waals surface area contributed by atoms with E-state index in [4.69, 9.17) is 26.1 Å². The third-order valence-corrected chi connectivity index (χ3v) is 8.38. The van der Waals surface area contributed by atoms with Gasteiger partial charge in [-0.3, -0.25) is 4.90 Å². The Balaban J connectivity index is 1.03. The number of aromatic nitrogens is 9. The number of likely N-dealkylation sites (tertiary alicyclic amines) is 1. The number of piperidine rings is 1. The monoisotopic (exact) mass is 658 g/mol. The van der Waals surface area contributed by atoms with Crippen LogP contribution < -0.4 is 4.74 Å². The van der Waals surface area contributed by atoms with Gasteiger partial charge in [0.2, 0.25) is 5.82 Å². The molecule has 2 saturated heterocycles. The number of nitrogens with one attached hydrogen (secondary N) is 1. The summed E-state index contributed by atoms with van der Waals surface area (Å²) in [5.74, 6) is -0.853. The standard InChI is InChI=1S/C29H27ClF4N10O2/c30-18-2-1-17(20(31)11-18)15-46-28-35-7-3-21(37-28)16-4-8-43(9-5-16)14-24-36-23-12-22(25-38-27(42-40-25)29(32,33)34)39-41-26(23)44(24)13-19-6-10-45-19/h1-3,7,11-12,16,19H,4-6,8-10,13-15H2,(H,38,40,42)/t19-/m0/s1. The lowest BCUT2D eigenvalue weighted by Gasteiger charge is -2.32. The molecule has 12 nitrogen and oxygen atoms in total. The number of aromatic amines is 1. The van der Waals surface area contributed by atoms with Crippen LogP contribution in [-0.4, -0.2) is 75.6 Å². The first-order valence-electron chi connectivity index (χ1n) is 14.7. The van der Waals surface area contributed by atoms with Crippen molar-refractivity contribution in [3.8, 4) is 17.5 Å². The van der Waals surface area contributed by atoms with Gasteiger partial charge in [-0.05, 0) is 56.6 Å². The second kappa shape index (κ2) is 12.5. The first kappa shape index (κ1) is 30.4. The van der Waals surface area contributed by atoms with E-state index in [2.05, 4.69) is 40.2 Å². The van der Waals surface area contributed by atoms with Crippen LogP contribution in [0.25, 0.3) is 22.7 Å². The van der Waals surface area contributed by atoms with E-state index < -0.39 is 17.8 Å². The Morgan fingerprint density at radius 3 is 2.57 bits per heavy atom. The number of alkyl halides is 3. The zero-order valence-electron chi connectivity index (χ0n) is 24.2. The van der Waals surface area contributed by atoms with Crippen LogP contribution in [0.5, 0.6) is 6.01 Å². The van der Waals surface area contributed by atoms with Crippen LogP contribution in [0.4, 0.5) is 17.6 Å². The molecule has 46 heavy (non-hydrogen) atoms. The molecule has 0 spiro atoms. The number of benzene rings is 1. The maximum absolute atomic E-state index is 14.1. The van der Waals surface area contributed by atoms with Gasteiger partial charge in [0.15, 0.2) is 11.5 Å². The smallest absolute Gasteiger partial charge is 0.451 e. The molecule has 0 radical (unpaired) electrons. The topological polar surface area (TPSA) is 133 Å². The second-order valence-corrected chi connectivity index (χ2v) is 11.7. The zero-order chi connectivity index (χ0) is 31.8. The molecule has 2 aliphatic rings. The van der Waals surface area contributed by atoms with E-state index in [1.54, 1.807) is 24.4 Å². The minimum absolute atomic E-state index is 0.0172. The molecule has 1 N–H and O–H groups in total. The summed E-state index contributed by atoms with van der Waals surface area (Å²) in [5.41, 5.74) is 2.34. The number of nitrogens with zero attached hydrogens (tertiary/aromatic N) is 9. The van der Waals surface area contributed by atoms with Gasteiger partial charge in [0.1, 0.15) is 29.5 Å². The van der Waals surface area contributed by atoms with Gasteiger partial charge in [0, 0.05) is 29.3 Å². The second-order valence-electron chi connectivity index (χ2n) is 11.2. The highest BCUT2D eigenvalue weighted by atomic mass is 35.5. The van der Waals surface area contributed by atoms with Crippen molar-refractivity contribution >= 4 is 22.8 Å². The van der Waals surface area contributed by atoms with Crippen LogP contribution in [-0.2, 0) is 30.6 Å². The third kappa shape index (κ3) is 6.50. The van der Waals surface area contributed by atoms with Crippen LogP contribution in [0.3, 0.4) is 0 Å². The summed E-state index contributed by atoms with van der Waals surface area (Å²) in [6, 6.07) is 8.02. The van der Waals surface area contributed by atoms with Crippen LogP contribution in [0, 0.1) is 5.82 Å². The lowest BCUT2D eigenvalue weighted by Crippen LogP contribution is -2.35. The van der Waals surface area contributed by atoms with Gasteiger partial charge in [-0.2, -0.15) is 18.2 Å². The van der Waals surface area contributed by atoms with Crippen molar-refractivity contribution in [2.45, 2.75) is 57.2 Å². The SMILES string of the molecule is Fc1cc(Cl)ccc1COc1nccc(C2CCN(Cc3nc4cc(-c5nnc(C(F)(F)F)[nH]5)nnc4n3C[C@@H]3CCO3)CC2)n1. The predicted molar refractivity (Wildman–Crippen MR) is 155 cm³/mol.